The van der Waals surface area contributed by atoms with Crippen molar-refractivity contribution in [2.24, 2.45) is 5.92 Å². The molecule has 1 aliphatic carbocycles. The molecule has 0 aliphatic heterocycles. The summed E-state index contributed by atoms with van der Waals surface area (Å²) in [7, 11) is 0. The average molecular weight is 183 g/mol. The number of hydrogen-bond donors (Lipinski definition) is 1. The Morgan fingerprint density at radius 2 is 2.14 bits per heavy atom. The molecule has 3 rings (SSSR count). The molecule has 0 radical (unpaired) electrons. The highest BCUT2D eigenvalue weighted by molar-refractivity contribution is 5.87. The lowest BCUT2D eigenvalue weighted by Gasteiger charge is -2.11. The van der Waals surface area contributed by atoms with Crippen molar-refractivity contribution in [2.75, 3.05) is 0 Å². The number of allylic oxidation sites excluding steroid dienone is 1. The molecule has 1 heterocycles. The minimum absolute atomic E-state index is 0.668. The summed E-state index contributed by atoms with van der Waals surface area (Å²) < 4.78 is 0. The summed E-state index contributed by atoms with van der Waals surface area (Å²) in [4.78, 5) is 3.45. The number of nitrogens with one attached hydrogen (secondary N) is 1. The Balaban J connectivity index is 2.32. The van der Waals surface area contributed by atoms with Gasteiger partial charge in [-0.2, -0.15) is 0 Å². The molecule has 1 nitrogen and oxygen atoms in total. The van der Waals surface area contributed by atoms with Gasteiger partial charge in [0.05, 0.1) is 0 Å². The van der Waals surface area contributed by atoms with E-state index in [-0.39, 0.29) is 0 Å². The summed E-state index contributed by atoms with van der Waals surface area (Å²) in [5.74, 6) is 0.668. The van der Waals surface area contributed by atoms with Gasteiger partial charge in [-0.25, -0.2) is 0 Å². The van der Waals surface area contributed by atoms with Crippen LogP contribution in [0.2, 0.25) is 0 Å². The van der Waals surface area contributed by atoms with E-state index in [1.165, 1.54) is 22.2 Å². The summed E-state index contributed by atoms with van der Waals surface area (Å²) in [6, 6.07) is 8.54. The molecule has 0 spiro atoms. The Morgan fingerprint density at radius 1 is 1.29 bits per heavy atom. The van der Waals surface area contributed by atoms with Crippen molar-refractivity contribution in [3.05, 3.63) is 41.6 Å². The Labute approximate surface area is 83.5 Å². The lowest BCUT2D eigenvalue weighted by atomic mass is 9.93. The van der Waals surface area contributed by atoms with Crippen LogP contribution in [0.5, 0.6) is 0 Å². The van der Waals surface area contributed by atoms with Crippen LogP contribution in [0.3, 0.4) is 0 Å². The number of para-hydroxylation sites is 1. The maximum atomic E-state index is 3.45. The molecule has 0 saturated carbocycles. The molecule has 1 aromatic heterocycles. The Kier molecular flexibility index (Phi) is 1.54. The van der Waals surface area contributed by atoms with Gasteiger partial charge in [0.2, 0.25) is 0 Å². The molecular weight excluding hydrogens is 170 g/mol. The van der Waals surface area contributed by atoms with E-state index in [1.54, 1.807) is 0 Å². The van der Waals surface area contributed by atoms with Crippen LogP contribution in [0.1, 0.15) is 18.2 Å². The van der Waals surface area contributed by atoms with Crippen molar-refractivity contribution in [1.82, 2.24) is 4.98 Å². The first-order chi connectivity index (χ1) is 6.84. The molecule has 1 N–H and O–H groups in total. The van der Waals surface area contributed by atoms with E-state index in [1.807, 2.05) is 0 Å². The molecule has 1 aromatic carbocycles. The second-order valence-corrected chi connectivity index (χ2v) is 4.10. The van der Waals surface area contributed by atoms with E-state index in [9.17, 15) is 0 Å². The molecule has 1 atom stereocenters. The minimum atomic E-state index is 0.668. The van der Waals surface area contributed by atoms with Gasteiger partial charge in [0.25, 0.3) is 0 Å². The highest BCUT2D eigenvalue weighted by Crippen LogP contribution is 2.29. The first-order valence-electron chi connectivity index (χ1n) is 5.12. The fourth-order valence-electron chi connectivity index (χ4n) is 2.23. The molecule has 0 amide bonds. The number of benzene rings is 1. The van der Waals surface area contributed by atoms with Gasteiger partial charge < -0.3 is 4.98 Å². The van der Waals surface area contributed by atoms with Crippen LogP contribution in [0.15, 0.2) is 30.3 Å². The van der Waals surface area contributed by atoms with Crippen LogP contribution in [0, 0.1) is 5.92 Å². The predicted octanol–water partition coefficient (Wildman–Crippen LogP) is 3.37. The second-order valence-electron chi connectivity index (χ2n) is 4.10. The molecule has 0 bridgehead atoms. The average Bonchev–Trinajstić information content (AvgIpc) is 2.56. The summed E-state index contributed by atoms with van der Waals surface area (Å²) in [5, 5.41) is 1.39. The standard InChI is InChI=1S/C13H13N/c1-9-6-7-13-11(8-9)10-4-2-3-5-12(10)14-13/h2-7,9,14H,8H2,1H3. The van der Waals surface area contributed by atoms with Gasteiger partial charge in [-0.1, -0.05) is 31.2 Å². The summed E-state index contributed by atoms with van der Waals surface area (Å²) in [6.07, 6.45) is 5.65. The Hall–Kier alpha value is -1.50. The third kappa shape index (κ3) is 1.02. The zero-order valence-electron chi connectivity index (χ0n) is 8.25. The van der Waals surface area contributed by atoms with Crippen LogP contribution < -0.4 is 0 Å². The SMILES string of the molecule is CC1C=Cc2[nH]c3ccccc3c2C1. The molecule has 0 saturated heterocycles. The fourth-order valence-corrected chi connectivity index (χ4v) is 2.23. The smallest absolute Gasteiger partial charge is 0.0461 e. The van der Waals surface area contributed by atoms with Crippen molar-refractivity contribution in [1.29, 1.82) is 0 Å². The van der Waals surface area contributed by atoms with E-state index in [0.717, 1.165) is 6.42 Å². The maximum absolute atomic E-state index is 3.45. The van der Waals surface area contributed by atoms with Gasteiger partial charge in [-0.05, 0) is 30.0 Å². The Bertz CT molecular complexity index is 505. The number of aromatic amines is 1. The topological polar surface area (TPSA) is 15.8 Å². The number of fused-ring (bicyclic) bond motifs is 3. The summed E-state index contributed by atoms with van der Waals surface area (Å²) in [6.45, 7) is 2.27. The number of rotatable bonds is 0. The highest BCUT2D eigenvalue weighted by Gasteiger charge is 2.14. The summed E-state index contributed by atoms with van der Waals surface area (Å²) >= 11 is 0. The highest BCUT2D eigenvalue weighted by atomic mass is 14.7. The minimum Gasteiger partial charge on any atom is -0.355 e. The molecule has 1 unspecified atom stereocenters. The normalized spacial score (nSPS) is 19.9. The lowest BCUT2D eigenvalue weighted by Crippen LogP contribution is -2.01. The fraction of sp³-hybridized carbons (Fsp3) is 0.231. The second kappa shape index (κ2) is 2.74. The zero-order valence-corrected chi connectivity index (χ0v) is 8.25. The maximum Gasteiger partial charge on any atom is 0.0461 e. The predicted molar refractivity (Wildman–Crippen MR) is 60.2 cm³/mol. The van der Waals surface area contributed by atoms with Crippen molar-refractivity contribution in [3.8, 4) is 0 Å². The van der Waals surface area contributed by atoms with E-state index in [0.29, 0.717) is 5.92 Å². The van der Waals surface area contributed by atoms with Crippen LogP contribution in [0.4, 0.5) is 0 Å². The third-order valence-corrected chi connectivity index (χ3v) is 2.96. The zero-order chi connectivity index (χ0) is 9.54. The van der Waals surface area contributed by atoms with E-state index in [2.05, 4.69) is 48.3 Å². The number of H-pyrrole nitrogens is 1. The van der Waals surface area contributed by atoms with Gasteiger partial charge in [-0.3, -0.25) is 0 Å². The van der Waals surface area contributed by atoms with Crippen LogP contribution in [0.25, 0.3) is 17.0 Å². The molecule has 1 heteroatoms. The number of aromatic nitrogens is 1. The van der Waals surface area contributed by atoms with Crippen molar-refractivity contribution in [2.45, 2.75) is 13.3 Å². The van der Waals surface area contributed by atoms with E-state index < -0.39 is 0 Å². The molecule has 2 aromatic rings. The van der Waals surface area contributed by atoms with Gasteiger partial charge in [0, 0.05) is 16.6 Å². The largest absolute Gasteiger partial charge is 0.355 e. The van der Waals surface area contributed by atoms with Gasteiger partial charge in [0.1, 0.15) is 0 Å². The van der Waals surface area contributed by atoms with Crippen LogP contribution in [-0.4, -0.2) is 4.98 Å². The van der Waals surface area contributed by atoms with Crippen molar-refractivity contribution >= 4 is 17.0 Å². The molecule has 70 valence electrons. The van der Waals surface area contributed by atoms with Crippen LogP contribution >= 0.6 is 0 Å². The van der Waals surface area contributed by atoms with E-state index in [4.69, 9.17) is 0 Å². The summed E-state index contributed by atoms with van der Waals surface area (Å²) in [5.41, 5.74) is 4.04. The van der Waals surface area contributed by atoms with Crippen LogP contribution in [-0.2, 0) is 6.42 Å². The number of hydrogen-bond acceptors (Lipinski definition) is 0. The van der Waals surface area contributed by atoms with Gasteiger partial charge in [-0.15, -0.1) is 0 Å². The van der Waals surface area contributed by atoms with Gasteiger partial charge >= 0.3 is 0 Å². The third-order valence-electron chi connectivity index (χ3n) is 2.96. The first kappa shape index (κ1) is 7.86. The molecule has 14 heavy (non-hydrogen) atoms. The van der Waals surface area contributed by atoms with Crippen molar-refractivity contribution < 1.29 is 0 Å². The lowest BCUT2D eigenvalue weighted by molar-refractivity contribution is 0.720. The first-order valence-corrected chi connectivity index (χ1v) is 5.12. The molecule has 0 fully saturated rings. The van der Waals surface area contributed by atoms with Gasteiger partial charge in [0.15, 0.2) is 0 Å². The molecular formula is C13H13N. The Morgan fingerprint density at radius 3 is 3.07 bits per heavy atom. The van der Waals surface area contributed by atoms with Crippen molar-refractivity contribution in [3.63, 3.8) is 0 Å². The quantitative estimate of drug-likeness (QED) is 0.644. The van der Waals surface area contributed by atoms with E-state index >= 15 is 0 Å². The molecule has 1 aliphatic rings. The monoisotopic (exact) mass is 183 g/mol.